The Morgan fingerprint density at radius 1 is 0.958 bits per heavy atom. The quantitative estimate of drug-likeness (QED) is 0.574. The fraction of sp³-hybridized carbons (Fsp3) is 0.200. The predicted molar refractivity (Wildman–Crippen MR) is 99.0 cm³/mol. The SMILES string of the molecule is CN(C)CCn1c(-c2cccc3cccnc23)nc2ccccc21. The van der Waals surface area contributed by atoms with E-state index in [2.05, 4.69) is 71.0 Å². The first kappa shape index (κ1) is 14.8. The number of para-hydroxylation sites is 3. The molecule has 0 saturated carbocycles. The lowest BCUT2D eigenvalue weighted by Gasteiger charge is -2.14. The number of pyridine rings is 1. The summed E-state index contributed by atoms with van der Waals surface area (Å²) in [4.78, 5) is 11.7. The second-order valence-electron chi connectivity index (χ2n) is 6.26. The zero-order valence-corrected chi connectivity index (χ0v) is 14.0. The predicted octanol–water partition coefficient (Wildman–Crippen LogP) is 3.81. The molecule has 4 nitrogen and oxygen atoms in total. The molecule has 0 N–H and O–H groups in total. The van der Waals surface area contributed by atoms with Crippen LogP contribution in [0.1, 0.15) is 0 Å². The van der Waals surface area contributed by atoms with Crippen LogP contribution in [0.15, 0.2) is 60.8 Å². The van der Waals surface area contributed by atoms with Crippen LogP contribution in [-0.2, 0) is 6.54 Å². The van der Waals surface area contributed by atoms with E-state index in [0.29, 0.717) is 0 Å². The van der Waals surface area contributed by atoms with Gasteiger partial charge in [0, 0.05) is 30.2 Å². The summed E-state index contributed by atoms with van der Waals surface area (Å²) in [5.41, 5.74) is 4.28. The van der Waals surface area contributed by atoms with Gasteiger partial charge in [0.05, 0.1) is 16.6 Å². The van der Waals surface area contributed by atoms with Gasteiger partial charge < -0.3 is 9.47 Å². The van der Waals surface area contributed by atoms with Crippen LogP contribution in [0, 0.1) is 0 Å². The number of imidazole rings is 1. The minimum atomic E-state index is 0.895. The normalized spacial score (nSPS) is 11.6. The molecule has 24 heavy (non-hydrogen) atoms. The van der Waals surface area contributed by atoms with Gasteiger partial charge in [0.2, 0.25) is 0 Å². The van der Waals surface area contributed by atoms with Crippen LogP contribution in [-0.4, -0.2) is 40.1 Å². The van der Waals surface area contributed by atoms with Gasteiger partial charge in [-0.05, 0) is 38.4 Å². The van der Waals surface area contributed by atoms with Crippen molar-refractivity contribution in [3.8, 4) is 11.4 Å². The van der Waals surface area contributed by atoms with Crippen LogP contribution >= 0.6 is 0 Å². The van der Waals surface area contributed by atoms with E-state index in [4.69, 9.17) is 4.98 Å². The summed E-state index contributed by atoms with van der Waals surface area (Å²) in [5.74, 6) is 0.988. The lowest BCUT2D eigenvalue weighted by molar-refractivity contribution is 0.387. The van der Waals surface area contributed by atoms with Crippen molar-refractivity contribution in [2.75, 3.05) is 20.6 Å². The summed E-state index contributed by atoms with van der Waals surface area (Å²) in [7, 11) is 4.19. The molecule has 0 bridgehead atoms. The first-order chi connectivity index (χ1) is 11.7. The molecule has 0 saturated heterocycles. The molecule has 0 aliphatic heterocycles. The molecule has 2 aromatic heterocycles. The van der Waals surface area contributed by atoms with Crippen LogP contribution < -0.4 is 0 Å². The van der Waals surface area contributed by atoms with Crippen molar-refractivity contribution in [1.29, 1.82) is 0 Å². The van der Waals surface area contributed by atoms with Gasteiger partial charge in [0.25, 0.3) is 0 Å². The molecule has 2 heterocycles. The van der Waals surface area contributed by atoms with Gasteiger partial charge in [0.1, 0.15) is 5.82 Å². The number of hydrogen-bond donors (Lipinski definition) is 0. The van der Waals surface area contributed by atoms with Gasteiger partial charge in [-0.25, -0.2) is 4.98 Å². The highest BCUT2D eigenvalue weighted by atomic mass is 15.1. The smallest absolute Gasteiger partial charge is 0.143 e. The van der Waals surface area contributed by atoms with Crippen molar-refractivity contribution < 1.29 is 0 Å². The summed E-state index contributed by atoms with van der Waals surface area (Å²) in [6.45, 7) is 1.86. The summed E-state index contributed by atoms with van der Waals surface area (Å²) < 4.78 is 2.30. The standard InChI is InChI=1S/C20H20N4/c1-23(2)13-14-24-18-11-4-3-10-17(18)22-20(24)16-9-5-7-15-8-6-12-21-19(15)16/h3-12H,13-14H2,1-2H3. The van der Waals surface area contributed by atoms with Crippen LogP contribution in [0.3, 0.4) is 0 Å². The largest absolute Gasteiger partial charge is 0.323 e. The molecule has 2 aromatic carbocycles. The molecule has 4 heteroatoms. The van der Waals surface area contributed by atoms with Gasteiger partial charge in [0.15, 0.2) is 0 Å². The minimum Gasteiger partial charge on any atom is -0.323 e. The maximum absolute atomic E-state index is 4.92. The number of aromatic nitrogens is 3. The third-order valence-electron chi connectivity index (χ3n) is 4.30. The summed E-state index contributed by atoms with van der Waals surface area (Å²) in [5, 5.41) is 1.14. The minimum absolute atomic E-state index is 0.895. The van der Waals surface area contributed by atoms with Crippen molar-refractivity contribution in [3.63, 3.8) is 0 Å². The van der Waals surface area contributed by atoms with Crippen LogP contribution in [0.5, 0.6) is 0 Å². The van der Waals surface area contributed by atoms with Gasteiger partial charge in [-0.15, -0.1) is 0 Å². The average molecular weight is 316 g/mol. The van der Waals surface area contributed by atoms with Gasteiger partial charge in [-0.3, -0.25) is 4.98 Å². The van der Waals surface area contributed by atoms with E-state index in [1.807, 2.05) is 18.3 Å². The third-order valence-corrected chi connectivity index (χ3v) is 4.30. The molecule has 0 atom stereocenters. The lowest BCUT2D eigenvalue weighted by Crippen LogP contribution is -2.18. The van der Waals surface area contributed by atoms with Crippen molar-refractivity contribution in [1.82, 2.24) is 19.4 Å². The molecule has 0 aliphatic rings. The van der Waals surface area contributed by atoms with Gasteiger partial charge in [-0.2, -0.15) is 0 Å². The number of likely N-dealkylation sites (N-methyl/N-ethyl adjacent to an activating group) is 1. The fourth-order valence-electron chi connectivity index (χ4n) is 3.09. The Labute approximate surface area is 141 Å². The summed E-state index contributed by atoms with van der Waals surface area (Å²) in [6, 6.07) is 18.7. The Morgan fingerprint density at radius 3 is 2.67 bits per heavy atom. The highest BCUT2D eigenvalue weighted by Crippen LogP contribution is 2.29. The molecule has 120 valence electrons. The molecular weight excluding hydrogens is 296 g/mol. The van der Waals surface area contributed by atoms with Crippen LogP contribution in [0.25, 0.3) is 33.3 Å². The zero-order chi connectivity index (χ0) is 16.5. The van der Waals surface area contributed by atoms with Crippen molar-refractivity contribution in [3.05, 3.63) is 60.8 Å². The third kappa shape index (κ3) is 2.55. The molecule has 0 amide bonds. The Morgan fingerprint density at radius 2 is 1.79 bits per heavy atom. The Balaban J connectivity index is 1.96. The Kier molecular flexibility index (Phi) is 3.75. The fourth-order valence-corrected chi connectivity index (χ4v) is 3.09. The molecule has 0 unspecified atom stereocenters. The summed E-state index contributed by atoms with van der Waals surface area (Å²) >= 11 is 0. The van der Waals surface area contributed by atoms with Crippen molar-refractivity contribution >= 4 is 21.9 Å². The lowest BCUT2D eigenvalue weighted by atomic mass is 10.1. The Bertz CT molecular complexity index is 996. The van der Waals surface area contributed by atoms with Crippen molar-refractivity contribution in [2.24, 2.45) is 0 Å². The molecule has 4 rings (SSSR count). The Hall–Kier alpha value is -2.72. The number of rotatable bonds is 4. The second-order valence-corrected chi connectivity index (χ2v) is 6.26. The maximum atomic E-state index is 4.92. The topological polar surface area (TPSA) is 34.0 Å². The van der Waals surface area contributed by atoms with Gasteiger partial charge in [-0.1, -0.05) is 30.3 Å². The number of hydrogen-bond acceptors (Lipinski definition) is 3. The highest BCUT2D eigenvalue weighted by Gasteiger charge is 2.15. The number of benzene rings is 2. The van der Waals surface area contributed by atoms with Gasteiger partial charge >= 0.3 is 0 Å². The molecule has 0 aliphatic carbocycles. The first-order valence-corrected chi connectivity index (χ1v) is 8.18. The van der Waals surface area contributed by atoms with E-state index in [9.17, 15) is 0 Å². The second kappa shape index (κ2) is 6.06. The van der Waals surface area contributed by atoms with E-state index >= 15 is 0 Å². The molecule has 0 fully saturated rings. The van der Waals surface area contributed by atoms with E-state index < -0.39 is 0 Å². The maximum Gasteiger partial charge on any atom is 0.143 e. The van der Waals surface area contributed by atoms with E-state index in [1.165, 1.54) is 5.52 Å². The monoisotopic (exact) mass is 316 g/mol. The number of nitrogens with zero attached hydrogens (tertiary/aromatic N) is 4. The molecule has 4 aromatic rings. The molecule has 0 radical (unpaired) electrons. The van der Waals surface area contributed by atoms with Crippen molar-refractivity contribution in [2.45, 2.75) is 6.54 Å². The van der Waals surface area contributed by atoms with E-state index in [0.717, 1.165) is 40.9 Å². The molecular formula is C20H20N4. The van der Waals surface area contributed by atoms with Crippen LogP contribution in [0.4, 0.5) is 0 Å². The summed E-state index contributed by atoms with van der Waals surface area (Å²) in [6.07, 6.45) is 1.85. The average Bonchev–Trinajstić information content (AvgIpc) is 2.98. The first-order valence-electron chi connectivity index (χ1n) is 8.18. The number of fused-ring (bicyclic) bond motifs is 2. The zero-order valence-electron chi connectivity index (χ0n) is 14.0. The highest BCUT2D eigenvalue weighted by molar-refractivity contribution is 5.94. The van der Waals surface area contributed by atoms with E-state index in [1.54, 1.807) is 0 Å². The van der Waals surface area contributed by atoms with E-state index in [-0.39, 0.29) is 0 Å². The molecule has 0 spiro atoms. The van der Waals surface area contributed by atoms with Crippen LogP contribution in [0.2, 0.25) is 0 Å².